The van der Waals surface area contributed by atoms with Crippen LogP contribution in [0.25, 0.3) is 0 Å². The van der Waals surface area contributed by atoms with Gasteiger partial charge in [0.2, 0.25) is 0 Å². The Morgan fingerprint density at radius 1 is 1.25 bits per heavy atom. The number of non-ortho nitro benzene ring substituents is 1. The average molecular weight is 272 g/mol. The SMILES string of the molecule is Cc1cc(C(=O)Nc2cccc(O)c2)cc([N+](=O)[O-])c1. The second-order valence-electron chi connectivity index (χ2n) is 4.32. The van der Waals surface area contributed by atoms with Crippen molar-refractivity contribution in [3.05, 3.63) is 63.7 Å². The van der Waals surface area contributed by atoms with Gasteiger partial charge in [-0.1, -0.05) is 6.07 Å². The molecule has 0 saturated carbocycles. The number of anilines is 1. The van der Waals surface area contributed by atoms with Crippen LogP contribution < -0.4 is 5.32 Å². The van der Waals surface area contributed by atoms with Crippen LogP contribution in [-0.4, -0.2) is 15.9 Å². The highest BCUT2D eigenvalue weighted by molar-refractivity contribution is 6.04. The van der Waals surface area contributed by atoms with Gasteiger partial charge in [-0.2, -0.15) is 0 Å². The fourth-order valence-electron chi connectivity index (χ4n) is 1.79. The molecule has 6 nitrogen and oxygen atoms in total. The standard InChI is InChI=1S/C14H12N2O4/c1-9-5-10(7-12(6-9)16(19)20)14(18)15-11-3-2-4-13(17)8-11/h2-8,17H,1H3,(H,15,18). The summed E-state index contributed by atoms with van der Waals surface area (Å²) in [6.45, 7) is 1.68. The van der Waals surface area contributed by atoms with Crippen LogP contribution in [0.4, 0.5) is 11.4 Å². The topological polar surface area (TPSA) is 92.5 Å². The van der Waals surface area contributed by atoms with Crippen LogP contribution in [0.3, 0.4) is 0 Å². The molecule has 20 heavy (non-hydrogen) atoms. The first-order chi connectivity index (χ1) is 9.45. The third-order valence-electron chi connectivity index (χ3n) is 2.64. The smallest absolute Gasteiger partial charge is 0.270 e. The van der Waals surface area contributed by atoms with E-state index in [9.17, 15) is 20.0 Å². The van der Waals surface area contributed by atoms with Gasteiger partial charge in [0.1, 0.15) is 5.75 Å². The van der Waals surface area contributed by atoms with Crippen LogP contribution in [-0.2, 0) is 0 Å². The van der Waals surface area contributed by atoms with E-state index in [0.29, 0.717) is 11.3 Å². The number of hydrogen-bond donors (Lipinski definition) is 2. The molecule has 0 saturated heterocycles. The Kier molecular flexibility index (Phi) is 3.65. The second kappa shape index (κ2) is 5.40. The van der Waals surface area contributed by atoms with E-state index in [1.54, 1.807) is 25.1 Å². The zero-order valence-corrected chi connectivity index (χ0v) is 10.7. The average Bonchev–Trinajstić information content (AvgIpc) is 2.37. The fourth-order valence-corrected chi connectivity index (χ4v) is 1.79. The summed E-state index contributed by atoms with van der Waals surface area (Å²) in [4.78, 5) is 22.3. The molecular formula is C14H12N2O4. The third kappa shape index (κ3) is 3.11. The summed E-state index contributed by atoms with van der Waals surface area (Å²) in [5.41, 5.74) is 1.10. The molecule has 2 rings (SSSR count). The number of nitrogens with zero attached hydrogens (tertiary/aromatic N) is 1. The number of benzene rings is 2. The van der Waals surface area contributed by atoms with Crippen LogP contribution in [0.15, 0.2) is 42.5 Å². The minimum Gasteiger partial charge on any atom is -0.508 e. The molecule has 2 aromatic carbocycles. The van der Waals surface area contributed by atoms with Crippen molar-refractivity contribution in [3.63, 3.8) is 0 Å². The van der Waals surface area contributed by atoms with Gasteiger partial charge in [-0.05, 0) is 30.7 Å². The van der Waals surface area contributed by atoms with Crippen LogP contribution in [0.5, 0.6) is 5.75 Å². The highest BCUT2D eigenvalue weighted by atomic mass is 16.6. The van der Waals surface area contributed by atoms with Gasteiger partial charge >= 0.3 is 0 Å². The van der Waals surface area contributed by atoms with E-state index in [0.717, 1.165) is 0 Å². The van der Waals surface area contributed by atoms with Crippen molar-refractivity contribution in [2.75, 3.05) is 5.32 Å². The van der Waals surface area contributed by atoms with Gasteiger partial charge in [-0.15, -0.1) is 0 Å². The van der Waals surface area contributed by atoms with E-state index < -0.39 is 10.8 Å². The molecule has 0 aliphatic heterocycles. The number of carbonyl (C=O) groups is 1. The molecule has 0 heterocycles. The molecule has 2 N–H and O–H groups in total. The number of aryl methyl sites for hydroxylation is 1. The maximum Gasteiger partial charge on any atom is 0.270 e. The number of rotatable bonds is 3. The number of nitrogens with one attached hydrogen (secondary N) is 1. The molecule has 0 fully saturated rings. The predicted molar refractivity (Wildman–Crippen MR) is 73.9 cm³/mol. The molecule has 102 valence electrons. The quantitative estimate of drug-likeness (QED) is 0.663. The molecule has 0 aliphatic carbocycles. The molecule has 0 aromatic heterocycles. The number of hydrogen-bond acceptors (Lipinski definition) is 4. The molecule has 6 heteroatoms. The lowest BCUT2D eigenvalue weighted by molar-refractivity contribution is -0.384. The summed E-state index contributed by atoms with van der Waals surface area (Å²) in [6, 6.07) is 10.2. The Morgan fingerprint density at radius 3 is 2.65 bits per heavy atom. The van der Waals surface area contributed by atoms with Crippen molar-refractivity contribution in [1.29, 1.82) is 0 Å². The lowest BCUT2D eigenvalue weighted by Gasteiger charge is -2.06. The first kappa shape index (κ1) is 13.5. The Morgan fingerprint density at radius 2 is 2.00 bits per heavy atom. The van der Waals surface area contributed by atoms with Crippen LogP contribution in [0, 0.1) is 17.0 Å². The number of nitro benzene ring substituents is 1. The molecule has 2 aromatic rings. The number of nitro groups is 1. The van der Waals surface area contributed by atoms with E-state index in [1.165, 1.54) is 24.3 Å². The van der Waals surface area contributed by atoms with Crippen molar-refractivity contribution < 1.29 is 14.8 Å². The number of amides is 1. The normalized spacial score (nSPS) is 10.1. The molecule has 1 amide bonds. The number of phenolic OH excluding ortho intramolecular Hbond substituents is 1. The van der Waals surface area contributed by atoms with Crippen LogP contribution >= 0.6 is 0 Å². The zero-order valence-electron chi connectivity index (χ0n) is 10.7. The van der Waals surface area contributed by atoms with Crippen molar-refractivity contribution in [2.24, 2.45) is 0 Å². The van der Waals surface area contributed by atoms with E-state index in [2.05, 4.69) is 5.32 Å². The van der Waals surface area contributed by atoms with Gasteiger partial charge in [0.05, 0.1) is 4.92 Å². The zero-order chi connectivity index (χ0) is 14.7. The Balaban J connectivity index is 2.27. The predicted octanol–water partition coefficient (Wildman–Crippen LogP) is 2.86. The molecule has 0 atom stereocenters. The van der Waals surface area contributed by atoms with Gasteiger partial charge in [0.25, 0.3) is 11.6 Å². The highest BCUT2D eigenvalue weighted by Gasteiger charge is 2.13. The maximum absolute atomic E-state index is 12.0. The summed E-state index contributed by atoms with van der Waals surface area (Å²) in [5, 5.41) is 22.7. The Bertz CT molecular complexity index is 683. The van der Waals surface area contributed by atoms with E-state index >= 15 is 0 Å². The van der Waals surface area contributed by atoms with Gasteiger partial charge < -0.3 is 10.4 Å². The van der Waals surface area contributed by atoms with Crippen molar-refractivity contribution in [3.8, 4) is 5.75 Å². The lowest BCUT2D eigenvalue weighted by Crippen LogP contribution is -2.12. The van der Waals surface area contributed by atoms with Gasteiger partial charge in [-0.3, -0.25) is 14.9 Å². The van der Waals surface area contributed by atoms with Crippen LogP contribution in [0.1, 0.15) is 15.9 Å². The Hall–Kier alpha value is -2.89. The molecule has 0 spiro atoms. The summed E-state index contributed by atoms with van der Waals surface area (Å²) in [7, 11) is 0. The van der Waals surface area contributed by atoms with E-state index in [1.807, 2.05) is 0 Å². The van der Waals surface area contributed by atoms with Crippen molar-refractivity contribution in [1.82, 2.24) is 0 Å². The minimum absolute atomic E-state index is 0.0259. The summed E-state index contributed by atoms with van der Waals surface area (Å²) < 4.78 is 0. The highest BCUT2D eigenvalue weighted by Crippen LogP contribution is 2.19. The molecular weight excluding hydrogens is 260 g/mol. The largest absolute Gasteiger partial charge is 0.508 e. The maximum atomic E-state index is 12.0. The fraction of sp³-hybridized carbons (Fsp3) is 0.0714. The summed E-state index contributed by atoms with van der Waals surface area (Å²) >= 11 is 0. The molecule has 0 radical (unpaired) electrons. The summed E-state index contributed by atoms with van der Waals surface area (Å²) in [5.74, 6) is -0.444. The monoisotopic (exact) mass is 272 g/mol. The van der Waals surface area contributed by atoms with Gasteiger partial charge in [0, 0.05) is 29.4 Å². The van der Waals surface area contributed by atoms with Gasteiger partial charge in [0.15, 0.2) is 0 Å². The Labute approximate surface area is 114 Å². The summed E-state index contributed by atoms with van der Waals surface area (Å²) in [6.07, 6.45) is 0. The van der Waals surface area contributed by atoms with Crippen LogP contribution in [0.2, 0.25) is 0 Å². The van der Waals surface area contributed by atoms with Crippen molar-refractivity contribution >= 4 is 17.3 Å². The minimum atomic E-state index is -0.544. The third-order valence-corrected chi connectivity index (χ3v) is 2.64. The number of phenols is 1. The lowest BCUT2D eigenvalue weighted by atomic mass is 10.1. The van der Waals surface area contributed by atoms with Gasteiger partial charge in [-0.25, -0.2) is 0 Å². The molecule has 0 bridgehead atoms. The van der Waals surface area contributed by atoms with Crippen molar-refractivity contribution in [2.45, 2.75) is 6.92 Å². The second-order valence-corrected chi connectivity index (χ2v) is 4.32. The number of carbonyl (C=O) groups excluding carboxylic acids is 1. The van der Waals surface area contributed by atoms with E-state index in [-0.39, 0.29) is 17.0 Å². The molecule has 0 unspecified atom stereocenters. The van der Waals surface area contributed by atoms with E-state index in [4.69, 9.17) is 0 Å². The first-order valence-corrected chi connectivity index (χ1v) is 5.82. The number of aromatic hydroxyl groups is 1. The first-order valence-electron chi connectivity index (χ1n) is 5.82. The molecule has 0 aliphatic rings.